The van der Waals surface area contributed by atoms with E-state index in [1.54, 1.807) is 11.3 Å². The molecule has 1 heterocycles. The van der Waals surface area contributed by atoms with Gasteiger partial charge in [-0.3, -0.25) is 0 Å². The van der Waals surface area contributed by atoms with E-state index in [2.05, 4.69) is 37.9 Å². The van der Waals surface area contributed by atoms with E-state index in [9.17, 15) is 13.2 Å². The topological polar surface area (TPSA) is 0 Å². The van der Waals surface area contributed by atoms with Crippen LogP contribution in [0.15, 0.2) is 34.1 Å². The molecule has 6 heteroatoms. The highest BCUT2D eigenvalue weighted by Gasteiger charge is 2.30. The van der Waals surface area contributed by atoms with Gasteiger partial charge in [0.1, 0.15) is 0 Å². The van der Waals surface area contributed by atoms with Gasteiger partial charge in [0.25, 0.3) is 0 Å². The van der Waals surface area contributed by atoms with E-state index in [-0.39, 0.29) is 4.83 Å². The Morgan fingerprint density at radius 2 is 1.80 bits per heavy atom. The average Bonchev–Trinajstić information content (AvgIpc) is 2.69. The van der Waals surface area contributed by atoms with Gasteiger partial charge in [-0.25, -0.2) is 0 Å². The van der Waals surface area contributed by atoms with Gasteiger partial charge in [-0.05, 0) is 58.6 Å². The Bertz CT molecular complexity index is 568. The normalized spacial score (nSPS) is 13.5. The molecule has 1 aromatic heterocycles. The van der Waals surface area contributed by atoms with Crippen LogP contribution in [-0.4, -0.2) is 0 Å². The van der Waals surface area contributed by atoms with Gasteiger partial charge in [-0.1, -0.05) is 28.1 Å². The average molecular weight is 428 g/mol. The number of benzene rings is 1. The molecule has 0 saturated carbocycles. The Morgan fingerprint density at radius 3 is 2.25 bits per heavy atom. The van der Waals surface area contributed by atoms with Crippen molar-refractivity contribution in [2.45, 2.75) is 24.3 Å². The maximum Gasteiger partial charge on any atom is 0.416 e. The van der Waals surface area contributed by atoms with Crippen molar-refractivity contribution in [3.63, 3.8) is 0 Å². The highest BCUT2D eigenvalue weighted by molar-refractivity contribution is 9.11. The van der Waals surface area contributed by atoms with Gasteiger partial charge in [0.05, 0.1) is 14.2 Å². The van der Waals surface area contributed by atoms with Crippen molar-refractivity contribution >= 4 is 43.2 Å². The third-order valence-corrected chi connectivity index (χ3v) is 6.25. The van der Waals surface area contributed by atoms with Gasteiger partial charge in [0.15, 0.2) is 0 Å². The van der Waals surface area contributed by atoms with Crippen LogP contribution in [-0.2, 0) is 12.6 Å². The molecule has 0 saturated heterocycles. The first-order chi connectivity index (χ1) is 9.27. The van der Waals surface area contributed by atoms with Crippen LogP contribution in [0.3, 0.4) is 0 Å². The first-order valence-corrected chi connectivity index (χ1v) is 8.36. The zero-order chi connectivity index (χ0) is 14.9. The van der Waals surface area contributed by atoms with Crippen molar-refractivity contribution in [3.8, 4) is 0 Å². The number of aryl methyl sites for hydroxylation is 1. The molecule has 0 amide bonds. The van der Waals surface area contributed by atoms with E-state index in [0.717, 1.165) is 26.4 Å². The minimum Gasteiger partial charge on any atom is -0.166 e. The lowest BCUT2D eigenvalue weighted by atomic mass is 10.1. The van der Waals surface area contributed by atoms with Gasteiger partial charge < -0.3 is 0 Å². The molecule has 0 bridgehead atoms. The Hall–Kier alpha value is -0.330. The summed E-state index contributed by atoms with van der Waals surface area (Å²) in [6.07, 6.45) is -3.62. The fraction of sp³-hybridized carbons (Fsp3) is 0.286. The molecule has 2 aromatic rings. The minimum atomic E-state index is -4.28. The molecule has 0 N–H and O–H groups in total. The zero-order valence-corrected chi connectivity index (χ0v) is 14.5. The number of alkyl halides is 4. The predicted octanol–water partition coefficient (Wildman–Crippen LogP) is 6.52. The molecule has 0 nitrogen and oxygen atoms in total. The molecule has 1 unspecified atom stereocenters. The molecular weight excluding hydrogens is 417 g/mol. The maximum atomic E-state index is 12.5. The number of hydrogen-bond acceptors (Lipinski definition) is 1. The van der Waals surface area contributed by atoms with Crippen LogP contribution >= 0.6 is 43.2 Å². The maximum absolute atomic E-state index is 12.5. The van der Waals surface area contributed by atoms with Crippen LogP contribution in [0.2, 0.25) is 0 Å². The first kappa shape index (κ1) is 16.0. The summed E-state index contributed by atoms with van der Waals surface area (Å²) < 4.78 is 38.5. The summed E-state index contributed by atoms with van der Waals surface area (Å²) in [5.41, 5.74) is 1.44. The molecule has 108 valence electrons. The first-order valence-electron chi connectivity index (χ1n) is 5.83. The Morgan fingerprint density at radius 1 is 1.20 bits per heavy atom. The van der Waals surface area contributed by atoms with Gasteiger partial charge in [-0.2, -0.15) is 13.2 Å². The van der Waals surface area contributed by atoms with Crippen molar-refractivity contribution in [2.24, 2.45) is 0 Å². The summed E-state index contributed by atoms with van der Waals surface area (Å²) in [5.74, 6) is 0. The van der Waals surface area contributed by atoms with Crippen LogP contribution < -0.4 is 0 Å². The van der Waals surface area contributed by atoms with E-state index in [4.69, 9.17) is 0 Å². The lowest BCUT2D eigenvalue weighted by molar-refractivity contribution is -0.137. The van der Waals surface area contributed by atoms with Crippen LogP contribution in [0.4, 0.5) is 13.2 Å². The molecule has 2 rings (SSSR count). The molecule has 0 spiro atoms. The molecule has 0 aliphatic rings. The van der Waals surface area contributed by atoms with E-state index in [0.29, 0.717) is 6.42 Å². The highest BCUT2D eigenvalue weighted by Crippen LogP contribution is 2.37. The van der Waals surface area contributed by atoms with Crippen molar-refractivity contribution in [1.29, 1.82) is 0 Å². The Labute approximate surface area is 136 Å². The summed E-state index contributed by atoms with van der Waals surface area (Å²) in [5, 5.41) is 0. The summed E-state index contributed by atoms with van der Waals surface area (Å²) in [4.78, 5) is 1.27. The molecular formula is C14H11Br2F3S. The second kappa shape index (κ2) is 6.20. The van der Waals surface area contributed by atoms with Gasteiger partial charge in [-0.15, -0.1) is 11.3 Å². The monoisotopic (exact) mass is 426 g/mol. The van der Waals surface area contributed by atoms with Crippen LogP contribution in [0.5, 0.6) is 0 Å². The second-order valence-electron chi connectivity index (χ2n) is 4.47. The molecule has 1 atom stereocenters. The van der Waals surface area contributed by atoms with Gasteiger partial charge >= 0.3 is 6.18 Å². The molecule has 20 heavy (non-hydrogen) atoms. The van der Waals surface area contributed by atoms with Crippen LogP contribution in [0.25, 0.3) is 0 Å². The smallest absolute Gasteiger partial charge is 0.166 e. The van der Waals surface area contributed by atoms with E-state index in [1.165, 1.54) is 17.7 Å². The summed E-state index contributed by atoms with van der Waals surface area (Å²) in [6, 6.07) is 7.41. The highest BCUT2D eigenvalue weighted by atomic mass is 79.9. The minimum absolute atomic E-state index is 0.106. The Balaban J connectivity index is 2.10. The van der Waals surface area contributed by atoms with Crippen molar-refractivity contribution in [1.82, 2.24) is 0 Å². The van der Waals surface area contributed by atoms with E-state index < -0.39 is 11.7 Å². The van der Waals surface area contributed by atoms with Gasteiger partial charge in [0, 0.05) is 4.88 Å². The zero-order valence-electron chi connectivity index (χ0n) is 10.5. The fourth-order valence-corrected chi connectivity index (χ4v) is 4.11. The number of hydrogen-bond donors (Lipinski definition) is 0. The van der Waals surface area contributed by atoms with E-state index >= 15 is 0 Å². The summed E-state index contributed by atoms with van der Waals surface area (Å²) in [7, 11) is 0. The number of halogens is 5. The van der Waals surface area contributed by atoms with Gasteiger partial charge in [0.2, 0.25) is 0 Å². The molecule has 0 aliphatic heterocycles. The molecule has 0 aliphatic carbocycles. The summed E-state index contributed by atoms with van der Waals surface area (Å²) in [6.45, 7) is 2.02. The standard InChI is InChI=1S/C14H11Br2F3S/c1-8-6-12(20-13(8)16)11(15)7-9-2-4-10(5-3-9)14(17,18)19/h2-6,11H,7H2,1H3. The number of thiophene rings is 1. The molecule has 0 radical (unpaired) electrons. The van der Waals surface area contributed by atoms with Crippen molar-refractivity contribution < 1.29 is 13.2 Å². The Kier molecular flexibility index (Phi) is 4.97. The molecule has 1 aromatic carbocycles. The van der Waals surface area contributed by atoms with Crippen molar-refractivity contribution in [2.75, 3.05) is 0 Å². The predicted molar refractivity (Wildman–Crippen MR) is 83.6 cm³/mol. The quantitative estimate of drug-likeness (QED) is 0.489. The third kappa shape index (κ3) is 3.86. The van der Waals surface area contributed by atoms with Crippen LogP contribution in [0, 0.1) is 6.92 Å². The number of rotatable bonds is 3. The van der Waals surface area contributed by atoms with Crippen LogP contribution in [0.1, 0.15) is 26.4 Å². The molecule has 0 fully saturated rings. The lowest BCUT2D eigenvalue weighted by Gasteiger charge is -2.10. The van der Waals surface area contributed by atoms with Crippen molar-refractivity contribution in [3.05, 3.63) is 55.7 Å². The third-order valence-electron chi connectivity index (χ3n) is 2.88. The second-order valence-corrected chi connectivity index (χ2v) is 7.98. The van der Waals surface area contributed by atoms with E-state index in [1.807, 2.05) is 6.92 Å². The largest absolute Gasteiger partial charge is 0.416 e. The summed E-state index contributed by atoms with van der Waals surface area (Å²) >= 11 is 8.71. The SMILES string of the molecule is Cc1cc(C(Br)Cc2ccc(C(F)(F)F)cc2)sc1Br. The fourth-order valence-electron chi connectivity index (χ4n) is 1.78. The lowest BCUT2D eigenvalue weighted by Crippen LogP contribution is -2.04.